The van der Waals surface area contributed by atoms with Crippen molar-refractivity contribution in [2.75, 3.05) is 32.2 Å². The van der Waals surface area contributed by atoms with Crippen molar-refractivity contribution in [3.63, 3.8) is 0 Å². The number of ketones is 1. The Hall–Kier alpha value is -2.35. The number of hydrogen-bond acceptors (Lipinski definition) is 7. The lowest BCUT2D eigenvalue weighted by molar-refractivity contribution is -0.116. The van der Waals surface area contributed by atoms with E-state index in [0.717, 1.165) is 22.7 Å². The van der Waals surface area contributed by atoms with Crippen molar-refractivity contribution in [3.05, 3.63) is 93.6 Å². The number of benzene rings is 2. The van der Waals surface area contributed by atoms with Crippen LogP contribution in [-0.4, -0.2) is 48.9 Å². The lowest BCUT2D eigenvalue weighted by Gasteiger charge is -2.21. The Morgan fingerprint density at radius 1 is 1.14 bits per heavy atom. The monoisotopic (exact) mass is 537 g/mol. The molecule has 6 nitrogen and oxygen atoms in total. The predicted molar refractivity (Wildman–Crippen MR) is 152 cm³/mol. The summed E-state index contributed by atoms with van der Waals surface area (Å²) in [6, 6.07) is 15.9. The highest BCUT2D eigenvalue weighted by molar-refractivity contribution is 8.55. The molecular weight excluding hydrogens is 509 g/mol. The number of rotatable bonds is 8. The second kappa shape index (κ2) is 11.0. The molecule has 186 valence electrons. The van der Waals surface area contributed by atoms with Crippen LogP contribution in [0.5, 0.6) is 0 Å². The van der Waals surface area contributed by atoms with E-state index in [-0.39, 0.29) is 17.7 Å². The van der Waals surface area contributed by atoms with Crippen molar-refractivity contribution in [1.82, 2.24) is 9.62 Å². The Balaban J connectivity index is 1.19. The first-order valence-electron chi connectivity index (χ1n) is 11.8. The molecule has 9 heteroatoms. The topological polar surface area (TPSA) is 70.7 Å². The molecule has 5 rings (SSSR count). The number of likely N-dealkylation sites (N-methyl/N-ethyl adjacent to an activating group) is 1. The highest BCUT2D eigenvalue weighted by atomic mass is 32.7. The first-order chi connectivity index (χ1) is 17.4. The number of hydrogen-bond donors (Lipinski definition) is 2. The Bertz CT molecular complexity index is 1290. The van der Waals surface area contributed by atoms with Gasteiger partial charge < -0.3 is 14.8 Å². The van der Waals surface area contributed by atoms with Gasteiger partial charge >= 0.3 is 0 Å². The van der Waals surface area contributed by atoms with Crippen molar-refractivity contribution >= 4 is 53.4 Å². The van der Waals surface area contributed by atoms with Gasteiger partial charge in [-0.25, -0.2) is 4.31 Å². The number of amides is 1. The number of nitrogens with zero attached hydrogens (tertiary/aromatic N) is 1. The molecule has 2 aromatic carbocycles. The summed E-state index contributed by atoms with van der Waals surface area (Å²) < 4.78 is 8.04. The maximum atomic E-state index is 13.0. The number of allylic oxidation sites excluding steroid dienone is 2. The standard InChI is InChI=1S/C27H28N3O3PS2/c1-17-8-10-18(11-9-17)34(3)36-33-15-14-30(2)35-19-12-13-23-21(16-19)24(27(32)29-23)25-26(31)20-6-4-5-7-22(20)28-25/h4-12,16,23,28H,13-15H2,1-3H3,(H,29,32)/b25-24-. The molecule has 2 atom stereocenters. The second-order valence-corrected chi connectivity index (χ2v) is 14.2. The summed E-state index contributed by atoms with van der Waals surface area (Å²) >= 11 is 3.18. The lowest BCUT2D eigenvalue weighted by Crippen LogP contribution is -2.26. The SMILES string of the molecule is Cc1ccc(P(C)SOCCN(C)SC2=CCC3NC(=O)/C(=C4\Nc5ccccc5C4=O)C3=C2)cc1. The molecule has 2 N–H and O–H groups in total. The zero-order valence-electron chi connectivity index (χ0n) is 20.4. The molecule has 2 aliphatic heterocycles. The molecule has 2 heterocycles. The number of para-hydroxylation sites is 1. The van der Waals surface area contributed by atoms with Crippen LogP contribution >= 0.6 is 30.7 Å². The average molecular weight is 538 g/mol. The van der Waals surface area contributed by atoms with Crippen LogP contribution in [0.2, 0.25) is 0 Å². The minimum absolute atomic E-state index is 0.0988. The molecule has 0 radical (unpaired) electrons. The van der Waals surface area contributed by atoms with Crippen molar-refractivity contribution in [1.29, 1.82) is 0 Å². The summed E-state index contributed by atoms with van der Waals surface area (Å²) in [5.74, 6) is -0.327. The van der Waals surface area contributed by atoms with Crippen LogP contribution in [0.4, 0.5) is 5.69 Å². The molecule has 0 spiro atoms. The predicted octanol–water partition coefficient (Wildman–Crippen LogP) is 5.17. The van der Waals surface area contributed by atoms with Gasteiger partial charge in [0.05, 0.1) is 18.2 Å². The molecule has 0 aromatic heterocycles. The Morgan fingerprint density at radius 2 is 1.92 bits per heavy atom. The van der Waals surface area contributed by atoms with Gasteiger partial charge in [0.15, 0.2) is 0 Å². The van der Waals surface area contributed by atoms with E-state index >= 15 is 0 Å². The van der Waals surface area contributed by atoms with Crippen LogP contribution < -0.4 is 15.9 Å². The summed E-state index contributed by atoms with van der Waals surface area (Å²) in [7, 11) is 1.63. The minimum Gasteiger partial charge on any atom is -0.351 e. The first kappa shape index (κ1) is 25.3. The Kier molecular flexibility index (Phi) is 7.70. The quantitative estimate of drug-likeness (QED) is 0.158. The van der Waals surface area contributed by atoms with Gasteiger partial charge in [0.2, 0.25) is 5.78 Å². The highest BCUT2D eigenvalue weighted by Gasteiger charge is 2.39. The molecule has 0 bridgehead atoms. The first-order valence-corrected chi connectivity index (χ1v) is 15.7. The smallest absolute Gasteiger partial charge is 0.254 e. The number of anilines is 1. The van der Waals surface area contributed by atoms with Gasteiger partial charge in [-0.15, -0.1) is 0 Å². The minimum atomic E-state index is -0.406. The fourth-order valence-corrected chi connectivity index (χ4v) is 7.50. The number of carbonyl (C=O) groups is 2. The zero-order chi connectivity index (χ0) is 25.2. The van der Waals surface area contributed by atoms with Crippen LogP contribution in [-0.2, 0) is 8.98 Å². The van der Waals surface area contributed by atoms with Crippen LogP contribution in [0, 0.1) is 6.92 Å². The van der Waals surface area contributed by atoms with Crippen molar-refractivity contribution < 1.29 is 13.8 Å². The summed E-state index contributed by atoms with van der Waals surface area (Å²) in [5, 5.41) is 7.52. The maximum Gasteiger partial charge on any atom is 0.254 e. The number of aryl methyl sites for hydroxylation is 1. The van der Waals surface area contributed by atoms with Gasteiger partial charge in [-0.05, 0) is 68.1 Å². The number of nitrogens with one attached hydrogen (secondary N) is 2. The van der Waals surface area contributed by atoms with E-state index in [9.17, 15) is 9.59 Å². The second-order valence-electron chi connectivity index (χ2n) is 8.89. The Morgan fingerprint density at radius 3 is 2.69 bits per heavy atom. The zero-order valence-corrected chi connectivity index (χ0v) is 22.9. The molecule has 2 unspecified atom stereocenters. The van der Waals surface area contributed by atoms with Crippen LogP contribution in [0.3, 0.4) is 0 Å². The van der Waals surface area contributed by atoms with E-state index in [4.69, 9.17) is 4.18 Å². The van der Waals surface area contributed by atoms with E-state index in [0.29, 0.717) is 29.9 Å². The van der Waals surface area contributed by atoms with E-state index in [2.05, 4.69) is 58.9 Å². The van der Waals surface area contributed by atoms with Gasteiger partial charge in [0.25, 0.3) is 5.91 Å². The third-order valence-corrected chi connectivity index (χ3v) is 10.4. The van der Waals surface area contributed by atoms with Gasteiger partial charge in [-0.2, -0.15) is 0 Å². The molecule has 1 amide bonds. The lowest BCUT2D eigenvalue weighted by atomic mass is 9.94. The van der Waals surface area contributed by atoms with Gasteiger partial charge in [-0.1, -0.05) is 48.0 Å². The molecule has 1 fully saturated rings. The van der Waals surface area contributed by atoms with Gasteiger partial charge in [-0.3, -0.25) is 9.59 Å². The summed E-state index contributed by atoms with van der Waals surface area (Å²) in [6.45, 7) is 5.69. The molecule has 1 aliphatic carbocycles. The number of Topliss-reactive ketones (excluding diaryl/α,β-unsaturated/α-hetero) is 1. The molecule has 0 saturated carbocycles. The maximum absolute atomic E-state index is 13.0. The molecule has 1 saturated heterocycles. The fraction of sp³-hybridized carbons (Fsp3) is 0.259. The van der Waals surface area contributed by atoms with Crippen molar-refractivity contribution in [3.8, 4) is 0 Å². The van der Waals surface area contributed by atoms with Crippen molar-refractivity contribution in [2.24, 2.45) is 0 Å². The van der Waals surface area contributed by atoms with E-state index in [1.54, 1.807) is 29.7 Å². The van der Waals surface area contributed by atoms with Crippen LogP contribution in [0.15, 0.2) is 82.4 Å². The molecule has 2 aromatic rings. The number of fused-ring (bicyclic) bond motifs is 2. The van der Waals surface area contributed by atoms with Crippen LogP contribution in [0.1, 0.15) is 22.3 Å². The van der Waals surface area contributed by atoms with Gasteiger partial charge in [0, 0.05) is 41.5 Å². The summed E-state index contributed by atoms with van der Waals surface area (Å²) in [4.78, 5) is 26.9. The van der Waals surface area contributed by atoms with Crippen LogP contribution in [0.25, 0.3) is 0 Å². The molecule has 36 heavy (non-hydrogen) atoms. The molecule has 3 aliphatic rings. The third-order valence-electron chi connectivity index (χ3n) is 6.27. The van der Waals surface area contributed by atoms with E-state index in [1.807, 2.05) is 31.3 Å². The van der Waals surface area contributed by atoms with E-state index < -0.39 is 7.12 Å². The summed E-state index contributed by atoms with van der Waals surface area (Å²) in [6.07, 6.45) is 4.88. The largest absolute Gasteiger partial charge is 0.351 e. The number of carbonyl (C=O) groups excluding carboxylic acids is 2. The fourth-order valence-electron chi connectivity index (χ4n) is 4.34. The summed E-state index contributed by atoms with van der Waals surface area (Å²) in [5.41, 5.74) is 4.33. The Labute approximate surface area is 221 Å². The normalized spacial score (nSPS) is 21.5. The van der Waals surface area contributed by atoms with Crippen molar-refractivity contribution in [2.45, 2.75) is 19.4 Å². The average Bonchev–Trinajstić information content (AvgIpc) is 3.37. The highest BCUT2D eigenvalue weighted by Crippen LogP contribution is 2.45. The third kappa shape index (κ3) is 5.34. The van der Waals surface area contributed by atoms with E-state index in [1.165, 1.54) is 10.9 Å². The van der Waals surface area contributed by atoms with Gasteiger partial charge in [0.1, 0.15) is 5.70 Å². The molecular formula is C27H28N3O3PS2.